The molecule has 0 aromatic heterocycles. The Morgan fingerprint density at radius 1 is 1.19 bits per heavy atom. The van der Waals surface area contributed by atoms with Gasteiger partial charge in [-0.15, -0.1) is 0 Å². The van der Waals surface area contributed by atoms with E-state index in [-0.39, 0.29) is 5.97 Å². The zero-order chi connectivity index (χ0) is 16.9. The molecule has 21 heavy (non-hydrogen) atoms. The molecule has 0 saturated carbocycles. The van der Waals surface area contributed by atoms with Gasteiger partial charge in [0.15, 0.2) is 0 Å². The molecule has 0 spiro atoms. The highest BCUT2D eigenvalue weighted by Gasteiger charge is 2.12. The van der Waals surface area contributed by atoms with Gasteiger partial charge in [0.05, 0.1) is 6.61 Å². The maximum Gasteiger partial charge on any atom is 0.466 e. The Morgan fingerprint density at radius 3 is 2.10 bits per heavy atom. The van der Waals surface area contributed by atoms with Gasteiger partial charge in [-0.2, -0.15) is 0 Å². The number of carbonyl (C=O) groups excluding carboxylic acids is 1. The number of rotatable bonds is 9. The minimum Gasteiger partial charge on any atom is -0.432 e. The summed E-state index contributed by atoms with van der Waals surface area (Å²) in [5.41, 5.74) is 0.410. The van der Waals surface area contributed by atoms with Crippen molar-refractivity contribution >= 4 is 13.8 Å². The first-order chi connectivity index (χ1) is 9.61. The van der Waals surface area contributed by atoms with Crippen LogP contribution in [0.5, 0.6) is 0 Å². The van der Waals surface area contributed by atoms with Gasteiger partial charge in [-0.3, -0.25) is 0 Å². The summed E-state index contributed by atoms with van der Waals surface area (Å²) in [5, 5.41) is 0. The molecule has 7 nitrogen and oxygen atoms in total. The molecule has 0 amide bonds. The molecule has 0 fully saturated rings. The van der Waals surface area contributed by atoms with E-state index in [9.17, 15) is 4.79 Å². The number of ether oxygens (including phenoxy) is 2. The molecule has 0 rings (SSSR count). The summed E-state index contributed by atoms with van der Waals surface area (Å²) >= 11 is 0. The third-order valence-electron chi connectivity index (χ3n) is 2.22. The molecule has 0 saturated heterocycles. The number of hydrogen-bond donors (Lipinski definition) is 3. The monoisotopic (exact) mass is 326 g/mol. The minimum atomic E-state index is -4.64. The average molecular weight is 326 g/mol. The van der Waals surface area contributed by atoms with Crippen LogP contribution in [0.2, 0.25) is 0 Å². The number of hydrogen-bond acceptors (Lipinski definition) is 4. The molecule has 0 bridgehead atoms. The molecule has 0 heterocycles. The topological polar surface area (TPSA) is 113 Å². The van der Waals surface area contributed by atoms with Crippen LogP contribution >= 0.6 is 7.82 Å². The van der Waals surface area contributed by atoms with Gasteiger partial charge in [0, 0.05) is 12.0 Å². The lowest BCUT2D eigenvalue weighted by Crippen LogP contribution is -2.21. The van der Waals surface area contributed by atoms with Crippen LogP contribution in [0.25, 0.3) is 0 Å². The molecular weight excluding hydrogens is 299 g/mol. The SMILES string of the molecule is C=C(C)C(=O)OC(CC)OCCCCCC.O=P(O)(O)O. The van der Waals surface area contributed by atoms with E-state index in [2.05, 4.69) is 13.5 Å². The van der Waals surface area contributed by atoms with Gasteiger partial charge >= 0.3 is 13.8 Å². The number of esters is 1. The van der Waals surface area contributed by atoms with Crippen LogP contribution < -0.4 is 0 Å². The van der Waals surface area contributed by atoms with E-state index in [1.54, 1.807) is 6.92 Å². The summed E-state index contributed by atoms with van der Waals surface area (Å²) in [4.78, 5) is 32.8. The highest BCUT2D eigenvalue weighted by Crippen LogP contribution is 2.25. The second-order valence-electron chi connectivity index (χ2n) is 4.47. The van der Waals surface area contributed by atoms with Gasteiger partial charge in [-0.1, -0.05) is 39.7 Å². The second-order valence-corrected chi connectivity index (χ2v) is 5.49. The van der Waals surface area contributed by atoms with Gasteiger partial charge < -0.3 is 24.2 Å². The Bertz CT molecular complexity index is 329. The van der Waals surface area contributed by atoms with Crippen LogP contribution in [0.1, 0.15) is 52.9 Å². The zero-order valence-electron chi connectivity index (χ0n) is 12.9. The van der Waals surface area contributed by atoms with E-state index in [0.717, 1.165) is 6.42 Å². The van der Waals surface area contributed by atoms with Crippen molar-refractivity contribution in [2.75, 3.05) is 6.61 Å². The quantitative estimate of drug-likeness (QED) is 0.196. The summed E-state index contributed by atoms with van der Waals surface area (Å²) in [6.45, 7) is 9.93. The predicted octanol–water partition coefficient (Wildman–Crippen LogP) is 2.51. The molecule has 0 aliphatic heterocycles. The van der Waals surface area contributed by atoms with Crippen molar-refractivity contribution < 1.29 is 33.5 Å². The van der Waals surface area contributed by atoms with Crippen LogP contribution in [0.4, 0.5) is 0 Å². The third kappa shape index (κ3) is 21.7. The van der Waals surface area contributed by atoms with Crippen LogP contribution in [0.15, 0.2) is 12.2 Å². The first-order valence-corrected chi connectivity index (χ1v) is 8.44. The first kappa shape index (κ1) is 22.6. The lowest BCUT2D eigenvalue weighted by molar-refractivity contribution is -0.174. The summed E-state index contributed by atoms with van der Waals surface area (Å²) in [6.07, 6.45) is 4.88. The van der Waals surface area contributed by atoms with Crippen molar-refractivity contribution in [1.82, 2.24) is 0 Å². The Kier molecular flexibility index (Phi) is 13.9. The van der Waals surface area contributed by atoms with Crippen molar-refractivity contribution in [3.05, 3.63) is 12.2 Å². The fraction of sp³-hybridized carbons (Fsp3) is 0.769. The molecule has 0 aromatic rings. The van der Waals surface area contributed by atoms with Crippen molar-refractivity contribution in [2.24, 2.45) is 0 Å². The predicted molar refractivity (Wildman–Crippen MR) is 79.3 cm³/mol. The van der Waals surface area contributed by atoms with Gasteiger partial charge in [0.1, 0.15) is 0 Å². The number of phosphoric acid groups is 1. The molecule has 8 heteroatoms. The highest BCUT2D eigenvalue weighted by atomic mass is 31.2. The largest absolute Gasteiger partial charge is 0.466 e. The number of unbranched alkanes of at least 4 members (excludes halogenated alkanes) is 3. The Hall–Kier alpha value is -0.720. The van der Waals surface area contributed by atoms with Gasteiger partial charge in [0.2, 0.25) is 6.29 Å². The third-order valence-corrected chi connectivity index (χ3v) is 2.22. The van der Waals surface area contributed by atoms with Crippen LogP contribution in [0.3, 0.4) is 0 Å². The van der Waals surface area contributed by atoms with Gasteiger partial charge in [-0.05, 0) is 13.3 Å². The molecule has 3 N–H and O–H groups in total. The first-order valence-electron chi connectivity index (χ1n) is 6.88. The minimum absolute atomic E-state index is 0.375. The molecule has 126 valence electrons. The molecule has 0 aliphatic rings. The van der Waals surface area contributed by atoms with Crippen LogP contribution in [-0.2, 0) is 18.8 Å². The summed E-state index contributed by atoms with van der Waals surface area (Å²) in [6, 6.07) is 0. The second kappa shape index (κ2) is 13.0. The summed E-state index contributed by atoms with van der Waals surface area (Å²) in [7, 11) is -4.64. The normalized spacial score (nSPS) is 12.1. The molecule has 0 aliphatic carbocycles. The maximum atomic E-state index is 11.2. The van der Waals surface area contributed by atoms with Gasteiger partial charge in [0.25, 0.3) is 0 Å². The van der Waals surface area contributed by atoms with Crippen molar-refractivity contribution in [3.63, 3.8) is 0 Å². The Labute approximate surface area is 126 Å². The Balaban J connectivity index is 0. The van der Waals surface area contributed by atoms with Crippen molar-refractivity contribution in [2.45, 2.75) is 59.2 Å². The van der Waals surface area contributed by atoms with Crippen molar-refractivity contribution in [1.29, 1.82) is 0 Å². The smallest absolute Gasteiger partial charge is 0.432 e. The van der Waals surface area contributed by atoms with Crippen molar-refractivity contribution in [3.8, 4) is 0 Å². The molecule has 0 aromatic carbocycles. The highest BCUT2D eigenvalue weighted by molar-refractivity contribution is 7.45. The molecule has 1 atom stereocenters. The fourth-order valence-corrected chi connectivity index (χ4v) is 1.20. The van der Waals surface area contributed by atoms with Crippen LogP contribution in [0, 0.1) is 0 Å². The van der Waals surface area contributed by atoms with E-state index in [4.69, 9.17) is 28.7 Å². The zero-order valence-corrected chi connectivity index (χ0v) is 13.8. The fourth-order valence-electron chi connectivity index (χ4n) is 1.20. The van der Waals surface area contributed by atoms with E-state index in [1.807, 2.05) is 6.92 Å². The van der Waals surface area contributed by atoms with Crippen LogP contribution in [-0.4, -0.2) is 33.5 Å². The molecular formula is C13H27O7P. The van der Waals surface area contributed by atoms with E-state index in [1.165, 1.54) is 19.3 Å². The maximum absolute atomic E-state index is 11.2. The lowest BCUT2D eigenvalue weighted by Gasteiger charge is -2.16. The average Bonchev–Trinajstić information content (AvgIpc) is 2.34. The van der Waals surface area contributed by atoms with Gasteiger partial charge in [-0.25, -0.2) is 9.36 Å². The number of carbonyl (C=O) groups is 1. The molecule has 1 unspecified atom stereocenters. The Morgan fingerprint density at radius 2 is 1.71 bits per heavy atom. The standard InChI is InChI=1S/C13H24O3.H3O4P/c1-5-7-8-9-10-15-12(6-2)16-13(14)11(3)4;1-5(2,3)4/h12H,3,5-10H2,1-2,4H3;(H3,1,2,3,4). The molecule has 0 radical (unpaired) electrons. The van der Waals surface area contributed by atoms with E-state index < -0.39 is 14.1 Å². The van der Waals surface area contributed by atoms with E-state index >= 15 is 0 Å². The van der Waals surface area contributed by atoms with E-state index in [0.29, 0.717) is 18.6 Å². The summed E-state index contributed by atoms with van der Waals surface area (Å²) in [5.74, 6) is -0.375. The summed E-state index contributed by atoms with van der Waals surface area (Å²) < 4.78 is 19.5. The lowest BCUT2D eigenvalue weighted by atomic mass is 10.2.